The first kappa shape index (κ1) is 6.92. The van der Waals surface area contributed by atoms with Crippen LogP contribution in [0, 0.1) is 0 Å². The lowest BCUT2D eigenvalue weighted by Crippen LogP contribution is -2.05. The molecule has 2 heteroatoms. The van der Waals surface area contributed by atoms with E-state index in [1.165, 1.54) is 6.42 Å². The summed E-state index contributed by atoms with van der Waals surface area (Å²) in [4.78, 5) is 0. The fourth-order valence-corrected chi connectivity index (χ4v) is 0.447. The Morgan fingerprint density at radius 2 is 2.14 bits per heavy atom. The van der Waals surface area contributed by atoms with Crippen LogP contribution < -0.4 is 5.48 Å². The molecule has 0 amide bonds. The first-order valence-corrected chi connectivity index (χ1v) is 2.76. The van der Waals surface area contributed by atoms with Gasteiger partial charge in [0.05, 0.1) is 0 Å². The quantitative estimate of drug-likeness (QED) is 0.418. The predicted molar refractivity (Wildman–Crippen MR) is 28.2 cm³/mol. The molecule has 0 aromatic carbocycles. The van der Waals surface area contributed by atoms with Crippen LogP contribution in [0.3, 0.4) is 0 Å². The third-order valence-corrected chi connectivity index (χ3v) is 0.882. The maximum absolute atomic E-state index is 9.55. The Morgan fingerprint density at radius 3 is 2.57 bits per heavy atom. The SMILES string of the molecule is CCCCCN[O]. The van der Waals surface area contributed by atoms with E-state index in [-0.39, 0.29) is 0 Å². The number of nitrogens with one attached hydrogen (secondary N) is 1. The number of unbranched alkanes of at least 4 members (excludes halogenated alkanes) is 2. The van der Waals surface area contributed by atoms with Crippen LogP contribution in [0.1, 0.15) is 26.2 Å². The van der Waals surface area contributed by atoms with Crippen molar-refractivity contribution < 1.29 is 5.21 Å². The van der Waals surface area contributed by atoms with Crippen molar-refractivity contribution in [2.75, 3.05) is 6.54 Å². The van der Waals surface area contributed by atoms with Crippen LogP contribution >= 0.6 is 0 Å². The van der Waals surface area contributed by atoms with Gasteiger partial charge in [0.1, 0.15) is 0 Å². The van der Waals surface area contributed by atoms with Crippen molar-refractivity contribution in [2.45, 2.75) is 26.2 Å². The molecule has 7 heavy (non-hydrogen) atoms. The van der Waals surface area contributed by atoms with Gasteiger partial charge in [0, 0.05) is 6.54 Å². The van der Waals surface area contributed by atoms with Crippen molar-refractivity contribution in [3.63, 3.8) is 0 Å². The highest BCUT2D eigenvalue weighted by Gasteiger charge is 1.80. The van der Waals surface area contributed by atoms with Crippen molar-refractivity contribution in [1.29, 1.82) is 0 Å². The molecule has 0 aliphatic heterocycles. The molecule has 0 aromatic rings. The van der Waals surface area contributed by atoms with Crippen molar-refractivity contribution in [3.8, 4) is 0 Å². The van der Waals surface area contributed by atoms with Crippen LogP contribution in [0.2, 0.25) is 0 Å². The zero-order valence-electron chi connectivity index (χ0n) is 4.74. The zero-order valence-corrected chi connectivity index (χ0v) is 4.74. The molecule has 0 heterocycles. The van der Waals surface area contributed by atoms with Gasteiger partial charge in [0.2, 0.25) is 0 Å². The second-order valence-corrected chi connectivity index (χ2v) is 1.60. The number of hydroxylamine groups is 1. The normalized spacial score (nSPS) is 9.43. The molecular weight excluding hydrogens is 90.1 g/mol. The fourth-order valence-electron chi connectivity index (χ4n) is 0.447. The molecule has 2 nitrogen and oxygen atoms in total. The third-order valence-electron chi connectivity index (χ3n) is 0.882. The van der Waals surface area contributed by atoms with Gasteiger partial charge in [-0.05, 0) is 6.42 Å². The Bertz CT molecular complexity index is 27.3. The summed E-state index contributed by atoms with van der Waals surface area (Å²) in [6.45, 7) is 2.73. The summed E-state index contributed by atoms with van der Waals surface area (Å²) in [6.07, 6.45) is 3.36. The molecule has 0 rings (SSSR count). The van der Waals surface area contributed by atoms with E-state index in [9.17, 15) is 5.21 Å². The Morgan fingerprint density at radius 1 is 1.43 bits per heavy atom. The number of hydrogen-bond acceptors (Lipinski definition) is 1. The lowest BCUT2D eigenvalue weighted by Gasteiger charge is -1.90. The summed E-state index contributed by atoms with van der Waals surface area (Å²) in [5.41, 5.74) is 1.85. The van der Waals surface area contributed by atoms with Gasteiger partial charge in [-0.1, -0.05) is 19.8 Å². The molecule has 0 spiro atoms. The first-order chi connectivity index (χ1) is 3.41. The maximum Gasteiger partial charge on any atom is 0.0240 e. The minimum Gasteiger partial charge on any atom is -0.168 e. The highest BCUT2D eigenvalue weighted by Crippen LogP contribution is 1.89. The van der Waals surface area contributed by atoms with E-state index < -0.39 is 0 Å². The van der Waals surface area contributed by atoms with Gasteiger partial charge in [-0.3, -0.25) is 0 Å². The molecule has 0 saturated carbocycles. The highest BCUT2D eigenvalue weighted by molar-refractivity contribution is 4.36. The Kier molecular flexibility index (Phi) is 5.85. The smallest absolute Gasteiger partial charge is 0.0240 e. The monoisotopic (exact) mass is 102 g/mol. The summed E-state index contributed by atoms with van der Waals surface area (Å²) in [5.74, 6) is 0. The van der Waals surface area contributed by atoms with Gasteiger partial charge in [-0.25, -0.2) is 0 Å². The van der Waals surface area contributed by atoms with Gasteiger partial charge >= 0.3 is 0 Å². The van der Waals surface area contributed by atoms with Crippen molar-refractivity contribution >= 4 is 0 Å². The van der Waals surface area contributed by atoms with Gasteiger partial charge in [-0.15, -0.1) is 5.21 Å². The Hall–Kier alpha value is -0.0800. The zero-order chi connectivity index (χ0) is 5.54. The minimum atomic E-state index is 0.619. The Balaban J connectivity index is 2.45. The largest absolute Gasteiger partial charge is 0.168 e. The molecular formula is C5H12NO. The van der Waals surface area contributed by atoms with Crippen LogP contribution in [0.5, 0.6) is 0 Å². The van der Waals surface area contributed by atoms with Gasteiger partial charge in [0.25, 0.3) is 0 Å². The molecule has 43 valence electrons. The van der Waals surface area contributed by atoms with E-state index >= 15 is 0 Å². The summed E-state index contributed by atoms with van der Waals surface area (Å²) >= 11 is 0. The molecule has 0 saturated heterocycles. The molecule has 1 radical (unpaired) electrons. The standard InChI is InChI=1S/C5H12NO/c1-2-3-4-5-6-7/h6H,2-5H2,1H3. The summed E-state index contributed by atoms with van der Waals surface area (Å²) in [5, 5.41) is 9.55. The molecule has 0 atom stereocenters. The molecule has 0 aliphatic carbocycles. The number of rotatable bonds is 4. The van der Waals surface area contributed by atoms with Crippen LogP contribution in [0.15, 0.2) is 0 Å². The second kappa shape index (κ2) is 5.92. The minimum absolute atomic E-state index is 0.619. The van der Waals surface area contributed by atoms with E-state index in [2.05, 4.69) is 6.92 Å². The molecule has 0 unspecified atom stereocenters. The van der Waals surface area contributed by atoms with Crippen molar-refractivity contribution in [2.24, 2.45) is 0 Å². The van der Waals surface area contributed by atoms with E-state index in [0.717, 1.165) is 12.8 Å². The summed E-state index contributed by atoms with van der Waals surface area (Å²) in [6, 6.07) is 0. The van der Waals surface area contributed by atoms with E-state index in [1.807, 2.05) is 5.48 Å². The molecule has 0 bridgehead atoms. The summed E-state index contributed by atoms with van der Waals surface area (Å²) < 4.78 is 0. The molecule has 0 aliphatic rings. The van der Waals surface area contributed by atoms with Crippen LogP contribution in [0.25, 0.3) is 0 Å². The van der Waals surface area contributed by atoms with Gasteiger partial charge < -0.3 is 0 Å². The van der Waals surface area contributed by atoms with E-state index in [0.29, 0.717) is 6.54 Å². The van der Waals surface area contributed by atoms with Gasteiger partial charge in [-0.2, -0.15) is 5.48 Å². The van der Waals surface area contributed by atoms with Gasteiger partial charge in [0.15, 0.2) is 0 Å². The fraction of sp³-hybridized carbons (Fsp3) is 1.00. The van der Waals surface area contributed by atoms with Crippen LogP contribution in [-0.4, -0.2) is 6.54 Å². The van der Waals surface area contributed by atoms with Crippen LogP contribution in [0.4, 0.5) is 0 Å². The third kappa shape index (κ3) is 5.92. The van der Waals surface area contributed by atoms with E-state index in [4.69, 9.17) is 0 Å². The lowest BCUT2D eigenvalue weighted by atomic mass is 10.3. The lowest BCUT2D eigenvalue weighted by molar-refractivity contribution is 0.0750. The molecule has 0 aromatic heterocycles. The van der Waals surface area contributed by atoms with E-state index in [1.54, 1.807) is 0 Å². The Labute approximate surface area is 44.5 Å². The topological polar surface area (TPSA) is 31.9 Å². The van der Waals surface area contributed by atoms with Crippen molar-refractivity contribution in [1.82, 2.24) is 5.48 Å². The molecule has 1 N–H and O–H groups in total. The average molecular weight is 102 g/mol. The van der Waals surface area contributed by atoms with Crippen LogP contribution in [-0.2, 0) is 5.21 Å². The average Bonchev–Trinajstić information content (AvgIpc) is 1.69. The first-order valence-electron chi connectivity index (χ1n) is 2.76. The predicted octanol–water partition coefficient (Wildman–Crippen LogP) is 1.11. The maximum atomic E-state index is 9.55. The number of hydrogen-bond donors (Lipinski definition) is 1. The summed E-state index contributed by atoms with van der Waals surface area (Å²) in [7, 11) is 0. The van der Waals surface area contributed by atoms with Crippen molar-refractivity contribution in [3.05, 3.63) is 0 Å². The molecule has 0 fully saturated rings. The second-order valence-electron chi connectivity index (χ2n) is 1.60. The highest BCUT2D eigenvalue weighted by atomic mass is 16.5.